The van der Waals surface area contributed by atoms with Crippen LogP contribution in [-0.4, -0.2) is 42.5 Å². The highest BCUT2D eigenvalue weighted by atomic mass is 16.5. The van der Waals surface area contributed by atoms with Gasteiger partial charge in [0.1, 0.15) is 0 Å². The van der Waals surface area contributed by atoms with E-state index in [2.05, 4.69) is 10.8 Å². The molecule has 1 amide bonds. The van der Waals surface area contributed by atoms with Gasteiger partial charge in [0.2, 0.25) is 0 Å². The Labute approximate surface area is 134 Å². The minimum absolute atomic E-state index is 0.229. The highest BCUT2D eigenvalue weighted by molar-refractivity contribution is 5.92. The van der Waals surface area contributed by atoms with Crippen molar-refractivity contribution in [2.75, 3.05) is 19.8 Å². The predicted molar refractivity (Wildman–Crippen MR) is 82.3 cm³/mol. The minimum Gasteiger partial charge on any atom is -0.463 e. The fourth-order valence-electron chi connectivity index (χ4n) is 2.31. The second kappa shape index (κ2) is 8.12. The zero-order valence-corrected chi connectivity index (χ0v) is 13.0. The van der Waals surface area contributed by atoms with Gasteiger partial charge in [-0.25, -0.2) is 9.59 Å². The van der Waals surface area contributed by atoms with Crippen LogP contribution < -0.4 is 0 Å². The van der Waals surface area contributed by atoms with Crippen molar-refractivity contribution in [2.45, 2.75) is 19.9 Å². The topological polar surface area (TPSA) is 72.9 Å². The lowest BCUT2D eigenvalue weighted by Gasteiger charge is -2.28. The van der Waals surface area contributed by atoms with E-state index < -0.39 is 11.9 Å². The summed E-state index contributed by atoms with van der Waals surface area (Å²) >= 11 is 0. The number of rotatable bonds is 5. The summed E-state index contributed by atoms with van der Waals surface area (Å²) in [4.78, 5) is 36.3. The largest absolute Gasteiger partial charge is 0.463 e. The van der Waals surface area contributed by atoms with Gasteiger partial charge in [-0.1, -0.05) is 24.3 Å². The molecule has 2 rings (SSSR count). The van der Waals surface area contributed by atoms with Crippen LogP contribution in [0.25, 0.3) is 0 Å². The van der Waals surface area contributed by atoms with Crippen LogP contribution in [0.2, 0.25) is 0 Å². The molecule has 0 unspecified atom stereocenters. The molecule has 0 aromatic heterocycles. The summed E-state index contributed by atoms with van der Waals surface area (Å²) in [5.41, 5.74) is 2.35. The molecule has 0 fully saturated rings. The average Bonchev–Trinajstić information content (AvgIpc) is 2.57. The van der Waals surface area contributed by atoms with Crippen molar-refractivity contribution in [3.63, 3.8) is 0 Å². The van der Waals surface area contributed by atoms with Gasteiger partial charge in [-0.05, 0) is 24.5 Å². The van der Waals surface area contributed by atoms with E-state index in [1.807, 2.05) is 18.2 Å². The lowest BCUT2D eigenvalue weighted by atomic mass is 10.00. The van der Waals surface area contributed by atoms with Crippen LogP contribution in [-0.2, 0) is 36.8 Å². The monoisotopic (exact) mass is 317 g/mol. The number of amides is 1. The van der Waals surface area contributed by atoms with Crippen LogP contribution in [0.4, 0.5) is 0 Å². The third kappa shape index (κ3) is 4.95. The first kappa shape index (κ1) is 16.7. The Kier molecular flexibility index (Phi) is 5.91. The first-order valence-corrected chi connectivity index (χ1v) is 7.46. The molecule has 1 aliphatic heterocycles. The average molecular weight is 317 g/mol. The van der Waals surface area contributed by atoms with Gasteiger partial charge in [-0.3, -0.25) is 4.79 Å². The molecule has 6 heteroatoms. The van der Waals surface area contributed by atoms with Crippen LogP contribution in [0, 0.1) is 0 Å². The Hall–Kier alpha value is -2.63. The van der Waals surface area contributed by atoms with Gasteiger partial charge in [0.25, 0.3) is 5.91 Å². The van der Waals surface area contributed by atoms with E-state index in [0.29, 0.717) is 13.1 Å². The number of carbonyl (C=O) groups is 3. The van der Waals surface area contributed by atoms with Gasteiger partial charge in [0, 0.05) is 25.2 Å². The minimum atomic E-state index is -0.746. The van der Waals surface area contributed by atoms with Crippen molar-refractivity contribution >= 4 is 17.8 Å². The summed E-state index contributed by atoms with van der Waals surface area (Å²) < 4.78 is 9.49. The van der Waals surface area contributed by atoms with Gasteiger partial charge < -0.3 is 14.4 Å². The summed E-state index contributed by atoms with van der Waals surface area (Å²) in [7, 11) is 0. The fourth-order valence-corrected chi connectivity index (χ4v) is 2.31. The van der Waals surface area contributed by atoms with Crippen molar-refractivity contribution in [1.82, 2.24) is 4.90 Å². The number of fused-ring (bicyclic) bond motifs is 1. The normalized spacial score (nSPS) is 13.5. The van der Waals surface area contributed by atoms with E-state index in [0.717, 1.165) is 24.1 Å². The number of hydrogen-bond donors (Lipinski definition) is 0. The molecule has 0 radical (unpaired) electrons. The molecule has 1 heterocycles. The van der Waals surface area contributed by atoms with Gasteiger partial charge in [0.15, 0.2) is 6.61 Å². The van der Waals surface area contributed by atoms with Crippen LogP contribution in [0.5, 0.6) is 0 Å². The first-order valence-electron chi connectivity index (χ1n) is 7.46. The molecule has 6 nitrogen and oxygen atoms in total. The van der Waals surface area contributed by atoms with Crippen molar-refractivity contribution < 1.29 is 23.9 Å². The second-order valence-corrected chi connectivity index (χ2v) is 5.03. The molecule has 1 aromatic rings. The number of esters is 2. The third-order valence-electron chi connectivity index (χ3n) is 3.46. The summed E-state index contributed by atoms with van der Waals surface area (Å²) in [6, 6.07) is 7.96. The number of benzene rings is 1. The summed E-state index contributed by atoms with van der Waals surface area (Å²) in [5.74, 6) is -1.62. The maximum Gasteiger partial charge on any atom is 0.331 e. The van der Waals surface area contributed by atoms with E-state index in [-0.39, 0.29) is 19.1 Å². The Morgan fingerprint density at radius 1 is 1.09 bits per heavy atom. The highest BCUT2D eigenvalue weighted by Gasteiger charge is 2.20. The van der Waals surface area contributed by atoms with Crippen molar-refractivity contribution in [3.8, 4) is 0 Å². The zero-order chi connectivity index (χ0) is 16.7. The molecule has 0 aliphatic carbocycles. The molecule has 0 saturated carbocycles. The molecule has 23 heavy (non-hydrogen) atoms. The Bertz CT molecular complexity index is 623. The predicted octanol–water partition coefficient (Wildman–Crippen LogP) is 1.23. The standard InChI is InChI=1S/C17H19NO5/c1-2-22-16(20)7-8-17(21)23-12-15(19)18-10-9-13-5-3-4-6-14(13)11-18/h3-8H,2,9-12H2,1H3. The molecule has 122 valence electrons. The molecular weight excluding hydrogens is 298 g/mol. The van der Waals surface area contributed by atoms with Crippen molar-refractivity contribution in [2.24, 2.45) is 0 Å². The van der Waals surface area contributed by atoms with Gasteiger partial charge in [-0.15, -0.1) is 0 Å². The number of ether oxygens (including phenoxy) is 2. The highest BCUT2D eigenvalue weighted by Crippen LogP contribution is 2.18. The number of nitrogens with zero attached hydrogens (tertiary/aromatic N) is 1. The fraction of sp³-hybridized carbons (Fsp3) is 0.353. The van der Waals surface area contributed by atoms with Gasteiger partial charge >= 0.3 is 11.9 Å². The van der Waals surface area contributed by atoms with Gasteiger partial charge in [0.05, 0.1) is 6.61 Å². The summed E-state index contributed by atoms with van der Waals surface area (Å²) in [5, 5.41) is 0. The lowest BCUT2D eigenvalue weighted by Crippen LogP contribution is -2.38. The molecular formula is C17H19NO5. The van der Waals surface area contributed by atoms with E-state index >= 15 is 0 Å². The first-order chi connectivity index (χ1) is 11.1. The Morgan fingerprint density at radius 2 is 1.74 bits per heavy atom. The summed E-state index contributed by atoms with van der Waals surface area (Å²) in [6.07, 6.45) is 2.73. The zero-order valence-electron chi connectivity index (χ0n) is 13.0. The maximum atomic E-state index is 12.1. The Balaban J connectivity index is 1.79. The van der Waals surface area contributed by atoms with E-state index in [9.17, 15) is 14.4 Å². The molecule has 0 atom stereocenters. The molecule has 0 bridgehead atoms. The summed E-state index contributed by atoms with van der Waals surface area (Å²) in [6.45, 7) is 2.68. The van der Waals surface area contributed by atoms with Crippen molar-refractivity contribution in [1.29, 1.82) is 0 Å². The van der Waals surface area contributed by atoms with Crippen LogP contribution in [0.1, 0.15) is 18.1 Å². The SMILES string of the molecule is CCOC(=O)C=CC(=O)OCC(=O)N1CCc2ccccc2C1. The maximum absolute atomic E-state index is 12.1. The van der Waals surface area contributed by atoms with E-state index in [1.54, 1.807) is 11.8 Å². The second-order valence-electron chi connectivity index (χ2n) is 5.03. The smallest absolute Gasteiger partial charge is 0.331 e. The molecule has 1 aliphatic rings. The third-order valence-corrected chi connectivity index (χ3v) is 3.46. The lowest BCUT2D eigenvalue weighted by molar-refractivity contribution is -0.148. The van der Waals surface area contributed by atoms with E-state index in [4.69, 9.17) is 4.74 Å². The molecule has 0 N–H and O–H groups in total. The van der Waals surface area contributed by atoms with E-state index in [1.165, 1.54) is 5.56 Å². The molecule has 0 spiro atoms. The molecule has 1 aromatic carbocycles. The van der Waals surface area contributed by atoms with Crippen LogP contribution in [0.15, 0.2) is 36.4 Å². The number of carbonyl (C=O) groups excluding carboxylic acids is 3. The van der Waals surface area contributed by atoms with Crippen LogP contribution in [0.3, 0.4) is 0 Å². The molecule has 0 saturated heterocycles. The van der Waals surface area contributed by atoms with Crippen molar-refractivity contribution in [3.05, 3.63) is 47.5 Å². The quantitative estimate of drug-likeness (QED) is 0.603. The van der Waals surface area contributed by atoms with Gasteiger partial charge in [-0.2, -0.15) is 0 Å². The Morgan fingerprint density at radius 3 is 2.43 bits per heavy atom. The number of hydrogen-bond acceptors (Lipinski definition) is 5. The van der Waals surface area contributed by atoms with Crippen LogP contribution >= 0.6 is 0 Å².